The summed E-state index contributed by atoms with van der Waals surface area (Å²) in [5.74, 6) is 0.441. The fourth-order valence-electron chi connectivity index (χ4n) is 3.23. The SMILES string of the molecule is CSCc1cccc(NC(=O)c2ccccc2S(=O)(=O)N2CCCCC2)c1. The van der Waals surface area contributed by atoms with Crippen LogP contribution in [0.15, 0.2) is 53.4 Å². The van der Waals surface area contributed by atoms with Gasteiger partial charge in [0.15, 0.2) is 0 Å². The highest BCUT2D eigenvalue weighted by atomic mass is 32.2. The number of carbonyl (C=O) groups excluding carboxylic acids is 1. The van der Waals surface area contributed by atoms with Crippen molar-refractivity contribution in [2.45, 2.75) is 29.9 Å². The number of thioether (sulfide) groups is 1. The van der Waals surface area contributed by atoms with Gasteiger partial charge in [0.25, 0.3) is 5.91 Å². The Bertz CT molecular complexity index is 907. The molecule has 3 rings (SSSR count). The molecule has 0 aliphatic carbocycles. The number of amides is 1. The largest absolute Gasteiger partial charge is 0.322 e. The van der Waals surface area contributed by atoms with Crippen LogP contribution in [0.25, 0.3) is 0 Å². The third-order valence-corrected chi connectivity index (χ3v) is 7.14. The van der Waals surface area contributed by atoms with E-state index < -0.39 is 15.9 Å². The normalized spacial score (nSPS) is 15.4. The minimum atomic E-state index is -3.68. The quantitative estimate of drug-likeness (QED) is 0.791. The van der Waals surface area contributed by atoms with Crippen molar-refractivity contribution >= 4 is 33.4 Å². The predicted molar refractivity (Wildman–Crippen MR) is 111 cm³/mol. The molecule has 1 amide bonds. The summed E-state index contributed by atoms with van der Waals surface area (Å²) in [6, 6.07) is 14.0. The van der Waals surface area contributed by atoms with Crippen LogP contribution in [0, 0.1) is 0 Å². The maximum atomic E-state index is 13.0. The van der Waals surface area contributed by atoms with E-state index in [1.807, 2.05) is 30.5 Å². The first-order chi connectivity index (χ1) is 13.0. The van der Waals surface area contributed by atoms with E-state index in [1.54, 1.807) is 30.0 Å². The van der Waals surface area contributed by atoms with E-state index in [2.05, 4.69) is 5.32 Å². The Balaban J connectivity index is 1.87. The fraction of sp³-hybridized carbons (Fsp3) is 0.350. The van der Waals surface area contributed by atoms with E-state index in [0.29, 0.717) is 18.8 Å². The summed E-state index contributed by atoms with van der Waals surface area (Å²) in [4.78, 5) is 12.9. The molecule has 0 unspecified atom stereocenters. The highest BCUT2D eigenvalue weighted by Gasteiger charge is 2.29. The van der Waals surface area contributed by atoms with Gasteiger partial charge in [-0.3, -0.25) is 4.79 Å². The average Bonchev–Trinajstić information content (AvgIpc) is 2.69. The summed E-state index contributed by atoms with van der Waals surface area (Å²) in [5.41, 5.74) is 1.95. The van der Waals surface area contributed by atoms with Crippen LogP contribution < -0.4 is 5.32 Å². The van der Waals surface area contributed by atoms with Gasteiger partial charge in [-0.15, -0.1) is 0 Å². The van der Waals surface area contributed by atoms with Crippen LogP contribution >= 0.6 is 11.8 Å². The van der Waals surface area contributed by atoms with Gasteiger partial charge < -0.3 is 5.32 Å². The summed E-state index contributed by atoms with van der Waals surface area (Å²) in [5, 5.41) is 2.84. The van der Waals surface area contributed by atoms with Crippen molar-refractivity contribution in [3.05, 3.63) is 59.7 Å². The monoisotopic (exact) mass is 404 g/mol. The maximum Gasteiger partial charge on any atom is 0.257 e. The Morgan fingerprint density at radius 2 is 1.81 bits per heavy atom. The van der Waals surface area contributed by atoms with Gasteiger partial charge >= 0.3 is 0 Å². The number of carbonyl (C=O) groups is 1. The Kier molecular flexibility index (Phi) is 6.57. The number of nitrogens with one attached hydrogen (secondary N) is 1. The summed E-state index contributed by atoms with van der Waals surface area (Å²) < 4.78 is 27.6. The average molecular weight is 405 g/mol. The molecule has 1 heterocycles. The van der Waals surface area contributed by atoms with Crippen molar-refractivity contribution in [1.82, 2.24) is 4.31 Å². The molecule has 5 nitrogen and oxygen atoms in total. The van der Waals surface area contributed by atoms with Crippen molar-refractivity contribution in [2.75, 3.05) is 24.7 Å². The van der Waals surface area contributed by atoms with Crippen LogP contribution in [-0.4, -0.2) is 38.0 Å². The molecule has 0 radical (unpaired) electrons. The van der Waals surface area contributed by atoms with Gasteiger partial charge in [-0.1, -0.05) is 30.7 Å². The molecule has 7 heteroatoms. The highest BCUT2D eigenvalue weighted by Crippen LogP contribution is 2.24. The lowest BCUT2D eigenvalue weighted by atomic mass is 10.2. The second kappa shape index (κ2) is 8.91. The minimum Gasteiger partial charge on any atom is -0.322 e. The van der Waals surface area contributed by atoms with E-state index in [1.165, 1.54) is 10.4 Å². The van der Waals surface area contributed by atoms with Gasteiger partial charge in [-0.2, -0.15) is 16.1 Å². The summed E-state index contributed by atoms with van der Waals surface area (Å²) >= 11 is 1.70. The molecule has 1 N–H and O–H groups in total. The zero-order valence-electron chi connectivity index (χ0n) is 15.3. The van der Waals surface area contributed by atoms with E-state index in [0.717, 1.165) is 30.6 Å². The number of rotatable bonds is 6. The van der Waals surface area contributed by atoms with Gasteiger partial charge in [0.2, 0.25) is 10.0 Å². The molecule has 1 saturated heterocycles. The number of hydrogen-bond donors (Lipinski definition) is 1. The number of piperidine rings is 1. The first-order valence-electron chi connectivity index (χ1n) is 9.01. The lowest BCUT2D eigenvalue weighted by Crippen LogP contribution is -2.36. The number of nitrogens with zero attached hydrogens (tertiary/aromatic N) is 1. The zero-order valence-corrected chi connectivity index (χ0v) is 17.0. The minimum absolute atomic E-state index is 0.0738. The maximum absolute atomic E-state index is 13.0. The van der Waals surface area contributed by atoms with Crippen LogP contribution in [0.1, 0.15) is 35.2 Å². The Morgan fingerprint density at radius 3 is 2.56 bits per heavy atom. The molecule has 0 saturated carbocycles. The summed E-state index contributed by atoms with van der Waals surface area (Å²) in [6.07, 6.45) is 4.78. The molecule has 0 spiro atoms. The second-order valence-corrected chi connectivity index (χ2v) is 9.32. The number of sulfonamides is 1. The second-order valence-electron chi connectivity index (χ2n) is 6.55. The summed E-state index contributed by atoms with van der Waals surface area (Å²) in [6.45, 7) is 1.02. The lowest BCUT2D eigenvalue weighted by molar-refractivity contribution is 0.102. The Labute approximate surface area is 165 Å². The predicted octanol–water partition coefficient (Wildman–Crippen LogP) is 3.98. The van der Waals surface area contributed by atoms with Gasteiger partial charge in [0.1, 0.15) is 0 Å². The lowest BCUT2D eigenvalue weighted by Gasteiger charge is -2.26. The van der Waals surface area contributed by atoms with E-state index >= 15 is 0 Å². The first-order valence-corrected chi connectivity index (χ1v) is 11.8. The molecule has 1 aliphatic heterocycles. The van der Waals surface area contributed by atoms with Crippen molar-refractivity contribution in [2.24, 2.45) is 0 Å². The molecular weight excluding hydrogens is 380 g/mol. The molecule has 0 aromatic heterocycles. The molecular formula is C20H24N2O3S2. The fourth-order valence-corrected chi connectivity index (χ4v) is 5.45. The van der Waals surface area contributed by atoms with Crippen LogP contribution in [0.3, 0.4) is 0 Å². The number of benzene rings is 2. The first kappa shape index (κ1) is 19.9. The van der Waals surface area contributed by atoms with E-state index in [4.69, 9.17) is 0 Å². The van der Waals surface area contributed by atoms with E-state index in [9.17, 15) is 13.2 Å². The van der Waals surface area contributed by atoms with Crippen LogP contribution in [0.5, 0.6) is 0 Å². The van der Waals surface area contributed by atoms with Crippen molar-refractivity contribution in [3.63, 3.8) is 0 Å². The Hall–Kier alpha value is -1.83. The van der Waals surface area contributed by atoms with Crippen molar-refractivity contribution in [3.8, 4) is 0 Å². The van der Waals surface area contributed by atoms with Crippen molar-refractivity contribution in [1.29, 1.82) is 0 Å². The molecule has 2 aromatic carbocycles. The molecule has 1 aliphatic rings. The van der Waals surface area contributed by atoms with Crippen LogP contribution in [0.2, 0.25) is 0 Å². The number of anilines is 1. The van der Waals surface area contributed by atoms with Gasteiger partial charge in [0, 0.05) is 24.5 Å². The third-order valence-electron chi connectivity index (χ3n) is 4.56. The molecule has 1 fully saturated rings. The third kappa shape index (κ3) is 4.72. The molecule has 0 atom stereocenters. The van der Waals surface area contributed by atoms with Crippen LogP contribution in [0.4, 0.5) is 5.69 Å². The topological polar surface area (TPSA) is 66.5 Å². The Morgan fingerprint density at radius 1 is 1.07 bits per heavy atom. The van der Waals surface area contributed by atoms with Crippen molar-refractivity contribution < 1.29 is 13.2 Å². The summed E-state index contributed by atoms with van der Waals surface area (Å²) in [7, 11) is -3.68. The number of hydrogen-bond acceptors (Lipinski definition) is 4. The van der Waals surface area contributed by atoms with Gasteiger partial charge in [0.05, 0.1) is 10.5 Å². The van der Waals surface area contributed by atoms with Crippen LogP contribution in [-0.2, 0) is 15.8 Å². The molecule has 27 heavy (non-hydrogen) atoms. The van der Waals surface area contributed by atoms with Gasteiger partial charge in [-0.25, -0.2) is 8.42 Å². The van der Waals surface area contributed by atoms with Gasteiger partial charge in [-0.05, 0) is 48.9 Å². The molecule has 144 valence electrons. The highest BCUT2D eigenvalue weighted by molar-refractivity contribution is 7.97. The standard InChI is InChI=1S/C20H24N2O3S2/c1-26-15-16-8-7-9-17(14-16)21-20(23)18-10-3-4-11-19(18)27(24,25)22-12-5-2-6-13-22/h3-4,7-11,14H,2,5-6,12-13,15H2,1H3,(H,21,23). The molecule has 2 aromatic rings. The zero-order chi connectivity index (χ0) is 19.3. The van der Waals surface area contributed by atoms with E-state index in [-0.39, 0.29) is 10.5 Å². The molecule has 0 bridgehead atoms. The smallest absolute Gasteiger partial charge is 0.257 e.